The van der Waals surface area contributed by atoms with Crippen LogP contribution in [0.2, 0.25) is 0 Å². The average Bonchev–Trinajstić information content (AvgIpc) is 3.35. The van der Waals surface area contributed by atoms with Crippen LogP contribution in [0.1, 0.15) is 44.3 Å². The number of nitrogens with zero attached hydrogens (tertiary/aromatic N) is 2. The molecule has 0 saturated heterocycles. The summed E-state index contributed by atoms with van der Waals surface area (Å²) in [7, 11) is 0. The van der Waals surface area contributed by atoms with Gasteiger partial charge in [0, 0.05) is 17.5 Å². The first-order valence-electron chi connectivity index (χ1n) is 11.1. The van der Waals surface area contributed by atoms with Crippen LogP contribution in [0.25, 0.3) is 0 Å². The van der Waals surface area contributed by atoms with Gasteiger partial charge in [-0.2, -0.15) is 5.10 Å². The predicted molar refractivity (Wildman–Crippen MR) is 131 cm³/mol. The van der Waals surface area contributed by atoms with E-state index in [1.54, 1.807) is 42.5 Å². The van der Waals surface area contributed by atoms with Crippen LogP contribution in [0.5, 0.6) is 5.75 Å². The molecule has 5 heteroatoms. The Bertz CT molecular complexity index is 1340. The first-order chi connectivity index (χ1) is 16.7. The second-order valence-corrected chi connectivity index (χ2v) is 7.94. The van der Waals surface area contributed by atoms with E-state index in [2.05, 4.69) is 0 Å². The van der Waals surface area contributed by atoms with Crippen molar-refractivity contribution in [3.05, 3.63) is 138 Å². The second-order valence-electron chi connectivity index (χ2n) is 7.94. The van der Waals surface area contributed by atoms with Gasteiger partial charge in [-0.05, 0) is 42.0 Å². The molecule has 0 bridgehead atoms. The number of rotatable bonds is 5. The Morgan fingerprint density at radius 1 is 0.706 bits per heavy atom. The lowest BCUT2D eigenvalue weighted by atomic mass is 9.97. The topological polar surface area (TPSA) is 59.0 Å². The van der Waals surface area contributed by atoms with Gasteiger partial charge in [0.1, 0.15) is 5.75 Å². The highest BCUT2D eigenvalue weighted by Gasteiger charge is 2.34. The molecule has 1 heterocycles. The monoisotopic (exact) mass is 446 g/mol. The van der Waals surface area contributed by atoms with Gasteiger partial charge in [-0.1, -0.05) is 78.9 Å². The number of ether oxygens (including phenoxy) is 1. The molecule has 5 nitrogen and oxygen atoms in total. The molecule has 4 aromatic carbocycles. The molecule has 0 saturated carbocycles. The molecule has 0 N–H and O–H groups in total. The minimum absolute atomic E-state index is 0.178. The third-order valence-corrected chi connectivity index (χ3v) is 5.73. The van der Waals surface area contributed by atoms with E-state index in [1.807, 2.05) is 72.8 Å². The van der Waals surface area contributed by atoms with Gasteiger partial charge in [0.25, 0.3) is 5.91 Å². The molecule has 0 aliphatic carbocycles. The van der Waals surface area contributed by atoms with Crippen molar-refractivity contribution in [1.82, 2.24) is 5.01 Å². The van der Waals surface area contributed by atoms with Gasteiger partial charge < -0.3 is 4.74 Å². The number of esters is 1. The molecule has 0 radical (unpaired) electrons. The summed E-state index contributed by atoms with van der Waals surface area (Å²) in [5, 5.41) is 6.28. The minimum atomic E-state index is -0.441. The highest BCUT2D eigenvalue weighted by molar-refractivity contribution is 6.07. The van der Waals surface area contributed by atoms with Gasteiger partial charge in [0.2, 0.25) is 0 Å². The van der Waals surface area contributed by atoms with Crippen LogP contribution in [-0.4, -0.2) is 22.6 Å². The average molecular weight is 447 g/mol. The Morgan fingerprint density at radius 2 is 1.26 bits per heavy atom. The van der Waals surface area contributed by atoms with Crippen LogP contribution in [0, 0.1) is 0 Å². The van der Waals surface area contributed by atoms with E-state index in [-0.39, 0.29) is 11.9 Å². The summed E-state index contributed by atoms with van der Waals surface area (Å²) in [6, 6.07) is 34.9. The number of hydrogen-bond donors (Lipinski definition) is 0. The Kier molecular flexibility index (Phi) is 5.99. The van der Waals surface area contributed by atoms with Crippen molar-refractivity contribution < 1.29 is 14.3 Å². The zero-order valence-corrected chi connectivity index (χ0v) is 18.4. The summed E-state index contributed by atoms with van der Waals surface area (Å²) in [5.74, 6) is -0.206. The third-order valence-electron chi connectivity index (χ3n) is 5.73. The number of amides is 1. The number of carbonyl (C=O) groups is 2. The molecule has 5 rings (SSSR count). The van der Waals surface area contributed by atoms with E-state index >= 15 is 0 Å². The number of para-hydroxylation sites is 1. The Labute approximate surface area is 197 Å². The molecule has 0 aromatic heterocycles. The molecule has 166 valence electrons. The third kappa shape index (κ3) is 4.36. The fraction of sp³-hybridized carbons (Fsp3) is 0.0690. The first kappa shape index (κ1) is 21.3. The second kappa shape index (κ2) is 9.55. The molecule has 0 fully saturated rings. The number of carbonyl (C=O) groups excluding carboxylic acids is 2. The van der Waals surface area contributed by atoms with Crippen molar-refractivity contribution >= 4 is 17.6 Å². The summed E-state index contributed by atoms with van der Waals surface area (Å²) in [6.07, 6.45) is 0.502. The zero-order chi connectivity index (χ0) is 23.3. The van der Waals surface area contributed by atoms with E-state index in [1.165, 1.54) is 5.01 Å². The van der Waals surface area contributed by atoms with Crippen LogP contribution >= 0.6 is 0 Å². The Hall–Kier alpha value is -4.51. The molecule has 4 aromatic rings. The standard InChI is InChI=1S/C29H22N2O3/c32-28(22-14-6-2-7-15-22)31-26(21-12-4-1-5-13-21)20-25(30-31)24-18-10-11-19-27(24)34-29(33)23-16-8-3-9-17-23/h1-19,26H,20H2/t26-/m1/s1. The molecule has 1 aliphatic rings. The molecular formula is C29H22N2O3. The van der Waals surface area contributed by atoms with Crippen molar-refractivity contribution in [2.45, 2.75) is 12.5 Å². The van der Waals surface area contributed by atoms with E-state index in [4.69, 9.17) is 9.84 Å². The summed E-state index contributed by atoms with van der Waals surface area (Å²) < 4.78 is 5.74. The largest absolute Gasteiger partial charge is 0.422 e. The number of hydrogen-bond acceptors (Lipinski definition) is 4. The van der Waals surface area contributed by atoms with E-state index in [0.29, 0.717) is 34.6 Å². The van der Waals surface area contributed by atoms with Crippen LogP contribution in [0.15, 0.2) is 120 Å². The fourth-order valence-corrected chi connectivity index (χ4v) is 4.04. The van der Waals surface area contributed by atoms with Crippen LogP contribution in [0.4, 0.5) is 0 Å². The van der Waals surface area contributed by atoms with Gasteiger partial charge in [-0.3, -0.25) is 4.79 Å². The molecule has 0 unspecified atom stereocenters. The first-order valence-corrected chi connectivity index (χ1v) is 11.1. The van der Waals surface area contributed by atoms with Crippen molar-refractivity contribution in [1.29, 1.82) is 0 Å². The maximum Gasteiger partial charge on any atom is 0.343 e. The summed E-state index contributed by atoms with van der Waals surface area (Å²) in [5.41, 5.74) is 3.40. The maximum absolute atomic E-state index is 13.4. The molecule has 1 aliphatic heterocycles. The smallest absolute Gasteiger partial charge is 0.343 e. The van der Waals surface area contributed by atoms with E-state index in [0.717, 1.165) is 5.56 Å². The highest BCUT2D eigenvalue weighted by atomic mass is 16.5. The van der Waals surface area contributed by atoms with Crippen molar-refractivity contribution in [2.24, 2.45) is 5.10 Å². The fourth-order valence-electron chi connectivity index (χ4n) is 4.04. The van der Waals surface area contributed by atoms with Crippen LogP contribution < -0.4 is 4.74 Å². The van der Waals surface area contributed by atoms with Gasteiger partial charge >= 0.3 is 5.97 Å². The van der Waals surface area contributed by atoms with Gasteiger partial charge in [-0.15, -0.1) is 0 Å². The Balaban J connectivity index is 1.50. The SMILES string of the molecule is O=C(Oc1ccccc1C1=NN(C(=O)c2ccccc2)[C@@H](c2ccccc2)C1)c1ccccc1. The lowest BCUT2D eigenvalue weighted by Gasteiger charge is -2.22. The van der Waals surface area contributed by atoms with Crippen molar-refractivity contribution in [3.63, 3.8) is 0 Å². The molecule has 1 amide bonds. The lowest BCUT2D eigenvalue weighted by molar-refractivity contribution is 0.0708. The molecule has 1 atom stereocenters. The van der Waals surface area contributed by atoms with Gasteiger partial charge in [0.05, 0.1) is 17.3 Å². The summed E-state index contributed by atoms with van der Waals surface area (Å²) in [4.78, 5) is 26.1. The number of benzene rings is 4. The van der Waals surface area contributed by atoms with Crippen LogP contribution in [-0.2, 0) is 0 Å². The molecule has 0 spiro atoms. The minimum Gasteiger partial charge on any atom is -0.422 e. The summed E-state index contributed by atoms with van der Waals surface area (Å²) >= 11 is 0. The normalized spacial score (nSPS) is 15.0. The molecular weight excluding hydrogens is 424 g/mol. The van der Waals surface area contributed by atoms with E-state index in [9.17, 15) is 9.59 Å². The molecule has 34 heavy (non-hydrogen) atoms. The summed E-state index contributed by atoms with van der Waals surface area (Å²) in [6.45, 7) is 0. The number of hydrazone groups is 1. The van der Waals surface area contributed by atoms with Crippen molar-refractivity contribution in [3.8, 4) is 5.75 Å². The van der Waals surface area contributed by atoms with Crippen LogP contribution in [0.3, 0.4) is 0 Å². The lowest BCUT2D eigenvalue weighted by Crippen LogP contribution is -2.27. The van der Waals surface area contributed by atoms with E-state index < -0.39 is 5.97 Å². The highest BCUT2D eigenvalue weighted by Crippen LogP contribution is 2.36. The Morgan fingerprint density at radius 3 is 1.94 bits per heavy atom. The quantitative estimate of drug-likeness (QED) is 0.283. The maximum atomic E-state index is 13.4. The predicted octanol–water partition coefficient (Wildman–Crippen LogP) is 5.90. The zero-order valence-electron chi connectivity index (χ0n) is 18.4. The van der Waals surface area contributed by atoms with Crippen molar-refractivity contribution in [2.75, 3.05) is 0 Å². The van der Waals surface area contributed by atoms with Gasteiger partial charge in [-0.25, -0.2) is 9.80 Å². The van der Waals surface area contributed by atoms with Gasteiger partial charge in [0.15, 0.2) is 0 Å².